The number of carbonyl (C=O) groups is 1. The van der Waals surface area contributed by atoms with Crippen LogP contribution in [0.25, 0.3) is 0 Å². The topological polar surface area (TPSA) is 67.8 Å². The molecule has 0 spiro atoms. The summed E-state index contributed by atoms with van der Waals surface area (Å²) >= 11 is 0. The van der Waals surface area contributed by atoms with Crippen molar-refractivity contribution in [2.75, 3.05) is 13.2 Å². The molecule has 1 aliphatic heterocycles. The number of unbranched alkanes of at least 4 members (excludes halogenated alkanes) is 8. The first-order valence-corrected chi connectivity index (χ1v) is 16.5. The molecule has 2 aromatic rings. The minimum atomic E-state index is -1.34. The van der Waals surface area contributed by atoms with Crippen LogP contribution in [0.1, 0.15) is 115 Å². The van der Waals surface area contributed by atoms with Gasteiger partial charge in [0.1, 0.15) is 5.60 Å². The van der Waals surface area contributed by atoms with Gasteiger partial charge in [-0.3, -0.25) is 4.79 Å². The molecule has 5 heteroatoms. The summed E-state index contributed by atoms with van der Waals surface area (Å²) in [5.41, 5.74) is 0.211. The summed E-state index contributed by atoms with van der Waals surface area (Å²) in [6.07, 6.45) is 18.3. The lowest BCUT2D eigenvalue weighted by molar-refractivity contribution is -0.168. The number of benzene rings is 2. The summed E-state index contributed by atoms with van der Waals surface area (Å²) in [6.45, 7) is 7.78. The molecule has 1 aliphatic rings. The van der Waals surface area contributed by atoms with Gasteiger partial charge in [0.15, 0.2) is 5.79 Å². The summed E-state index contributed by atoms with van der Waals surface area (Å²) < 4.78 is 12.1. The van der Waals surface area contributed by atoms with E-state index >= 15 is 0 Å². The standard InChI is InChI=1S/C37H55NO4/c1-4-5-6-11-20-27-36(41-29-30-42-36)28-21-12-9-7-8-10-19-26-34(39)38-35(31(2)3)37(40,32-22-15-13-16-23-32)33-24-17-14-18-25-33/h10,13-19,22-25,31,35,40H,4-9,11-12,20-21,26-30H2,1-3H3,(H,38,39)/b19-10+. The van der Waals surface area contributed by atoms with E-state index in [0.717, 1.165) is 56.4 Å². The second-order valence-electron chi connectivity index (χ2n) is 12.2. The molecule has 1 atom stereocenters. The summed E-state index contributed by atoms with van der Waals surface area (Å²) in [6, 6.07) is 18.8. The van der Waals surface area contributed by atoms with Crippen molar-refractivity contribution in [3.63, 3.8) is 0 Å². The predicted octanol–water partition coefficient (Wildman–Crippen LogP) is 8.45. The Morgan fingerprint density at radius 1 is 0.833 bits per heavy atom. The zero-order chi connectivity index (χ0) is 30.1. The number of allylic oxidation sites excluding steroid dienone is 1. The highest BCUT2D eigenvalue weighted by molar-refractivity contribution is 5.78. The largest absolute Gasteiger partial charge is 0.378 e. The lowest BCUT2D eigenvalue weighted by Gasteiger charge is -2.40. The minimum Gasteiger partial charge on any atom is -0.378 e. The summed E-state index contributed by atoms with van der Waals surface area (Å²) in [5, 5.41) is 15.3. The molecule has 0 radical (unpaired) electrons. The third-order valence-corrected chi connectivity index (χ3v) is 8.48. The van der Waals surface area contributed by atoms with E-state index in [1.54, 1.807) is 0 Å². The van der Waals surface area contributed by atoms with Gasteiger partial charge in [-0.15, -0.1) is 0 Å². The van der Waals surface area contributed by atoms with Crippen molar-refractivity contribution < 1.29 is 19.4 Å². The molecular formula is C37H55NO4. The molecule has 1 saturated heterocycles. The van der Waals surface area contributed by atoms with Crippen LogP contribution in [0.2, 0.25) is 0 Å². The van der Waals surface area contributed by atoms with Crippen LogP contribution in [-0.2, 0) is 19.9 Å². The van der Waals surface area contributed by atoms with E-state index in [0.29, 0.717) is 6.42 Å². The number of hydrogen-bond donors (Lipinski definition) is 2. The fourth-order valence-electron chi connectivity index (χ4n) is 6.12. The van der Waals surface area contributed by atoms with Gasteiger partial charge in [0.2, 0.25) is 5.91 Å². The van der Waals surface area contributed by atoms with Crippen LogP contribution in [0.3, 0.4) is 0 Å². The first kappa shape index (κ1) is 34.0. The molecule has 42 heavy (non-hydrogen) atoms. The number of carbonyl (C=O) groups excluding carboxylic acids is 1. The maximum atomic E-state index is 13.0. The Morgan fingerprint density at radius 2 is 1.36 bits per heavy atom. The van der Waals surface area contributed by atoms with Crippen molar-refractivity contribution in [2.45, 2.75) is 122 Å². The molecule has 0 bridgehead atoms. The van der Waals surface area contributed by atoms with Crippen LogP contribution >= 0.6 is 0 Å². The van der Waals surface area contributed by atoms with Gasteiger partial charge in [0.05, 0.1) is 19.3 Å². The van der Waals surface area contributed by atoms with E-state index in [4.69, 9.17) is 9.47 Å². The highest BCUT2D eigenvalue weighted by Crippen LogP contribution is 2.36. The number of amides is 1. The predicted molar refractivity (Wildman–Crippen MR) is 172 cm³/mol. The van der Waals surface area contributed by atoms with Gasteiger partial charge >= 0.3 is 0 Å². The SMILES string of the molecule is CCCCCCCC1(CCCCCC/C=C/CC(=O)NC(C(C)C)C(O)(c2ccccc2)c2ccccc2)OCCO1. The fourth-order valence-corrected chi connectivity index (χ4v) is 6.12. The number of nitrogens with one attached hydrogen (secondary N) is 1. The number of rotatable bonds is 20. The van der Waals surface area contributed by atoms with E-state index < -0.39 is 11.6 Å². The first-order chi connectivity index (χ1) is 20.4. The average molecular weight is 578 g/mol. The van der Waals surface area contributed by atoms with Crippen LogP contribution in [-0.4, -0.2) is 36.1 Å². The van der Waals surface area contributed by atoms with Crippen molar-refractivity contribution >= 4 is 5.91 Å². The molecule has 1 fully saturated rings. The Bertz CT molecular complexity index is 991. The maximum Gasteiger partial charge on any atom is 0.224 e. The highest BCUT2D eigenvalue weighted by Gasteiger charge is 2.42. The summed E-state index contributed by atoms with van der Waals surface area (Å²) in [4.78, 5) is 13.0. The molecule has 2 N–H and O–H groups in total. The Labute approximate surface area is 255 Å². The van der Waals surface area contributed by atoms with E-state index in [-0.39, 0.29) is 17.6 Å². The second-order valence-corrected chi connectivity index (χ2v) is 12.2. The Kier molecular flexibility index (Phi) is 14.8. The maximum absolute atomic E-state index is 13.0. The molecule has 0 saturated carbocycles. The molecule has 1 unspecified atom stereocenters. The third-order valence-electron chi connectivity index (χ3n) is 8.48. The number of aliphatic hydroxyl groups is 1. The van der Waals surface area contributed by atoms with Crippen LogP contribution in [0, 0.1) is 5.92 Å². The third kappa shape index (κ3) is 10.4. The Balaban J connectivity index is 1.41. The average Bonchev–Trinajstić information content (AvgIpc) is 3.48. The van der Waals surface area contributed by atoms with Gasteiger partial charge in [-0.25, -0.2) is 0 Å². The van der Waals surface area contributed by atoms with Gasteiger partial charge in [0.25, 0.3) is 0 Å². The zero-order valence-electron chi connectivity index (χ0n) is 26.4. The molecule has 1 heterocycles. The Hall–Kier alpha value is -2.47. The molecule has 1 amide bonds. The second kappa shape index (κ2) is 18.3. The molecule has 232 valence electrons. The molecule has 0 aliphatic carbocycles. The van der Waals surface area contributed by atoms with Crippen molar-refractivity contribution in [3.8, 4) is 0 Å². The summed E-state index contributed by atoms with van der Waals surface area (Å²) in [5.74, 6) is -0.393. The van der Waals surface area contributed by atoms with Crippen LogP contribution in [0.4, 0.5) is 0 Å². The minimum absolute atomic E-state index is 0.0172. The van der Waals surface area contributed by atoms with Gasteiger partial charge in [-0.05, 0) is 42.7 Å². The molecule has 3 rings (SSSR count). The van der Waals surface area contributed by atoms with E-state index in [2.05, 4.69) is 18.3 Å². The first-order valence-electron chi connectivity index (χ1n) is 16.5. The van der Waals surface area contributed by atoms with E-state index in [9.17, 15) is 9.90 Å². The normalized spacial score (nSPS) is 15.8. The van der Waals surface area contributed by atoms with Crippen molar-refractivity contribution in [1.29, 1.82) is 0 Å². The van der Waals surface area contributed by atoms with Crippen molar-refractivity contribution in [2.24, 2.45) is 5.92 Å². The number of hydrogen-bond acceptors (Lipinski definition) is 4. The van der Waals surface area contributed by atoms with Crippen molar-refractivity contribution in [3.05, 3.63) is 83.9 Å². The molecular weight excluding hydrogens is 522 g/mol. The monoisotopic (exact) mass is 577 g/mol. The lowest BCUT2D eigenvalue weighted by atomic mass is 9.76. The van der Waals surface area contributed by atoms with Gasteiger partial charge in [0, 0.05) is 19.3 Å². The van der Waals surface area contributed by atoms with E-state index in [1.807, 2.05) is 80.6 Å². The molecule has 2 aromatic carbocycles. The highest BCUT2D eigenvalue weighted by atomic mass is 16.7. The zero-order valence-corrected chi connectivity index (χ0v) is 26.4. The van der Waals surface area contributed by atoms with Crippen LogP contribution in [0.5, 0.6) is 0 Å². The van der Waals surface area contributed by atoms with Gasteiger partial charge in [-0.1, -0.05) is 132 Å². The van der Waals surface area contributed by atoms with Crippen LogP contribution in [0.15, 0.2) is 72.8 Å². The van der Waals surface area contributed by atoms with E-state index in [1.165, 1.54) is 44.9 Å². The van der Waals surface area contributed by atoms with Gasteiger partial charge < -0.3 is 19.9 Å². The Morgan fingerprint density at radius 3 is 1.88 bits per heavy atom. The summed E-state index contributed by atoms with van der Waals surface area (Å²) in [7, 11) is 0. The number of ether oxygens (including phenoxy) is 2. The fraction of sp³-hybridized carbons (Fsp3) is 0.595. The lowest BCUT2D eigenvalue weighted by Crippen LogP contribution is -2.54. The smallest absolute Gasteiger partial charge is 0.224 e. The van der Waals surface area contributed by atoms with Gasteiger partial charge in [-0.2, -0.15) is 0 Å². The van der Waals surface area contributed by atoms with Crippen LogP contribution < -0.4 is 5.32 Å². The molecule has 5 nitrogen and oxygen atoms in total. The van der Waals surface area contributed by atoms with Crippen molar-refractivity contribution in [1.82, 2.24) is 5.32 Å². The quantitative estimate of drug-likeness (QED) is 0.122. The molecule has 0 aromatic heterocycles.